The van der Waals surface area contributed by atoms with Crippen molar-refractivity contribution in [3.05, 3.63) is 71.2 Å². The molecule has 0 saturated heterocycles. The fourth-order valence-electron chi connectivity index (χ4n) is 2.47. The van der Waals surface area contributed by atoms with Crippen LogP contribution in [-0.4, -0.2) is 26.7 Å². The second-order valence-corrected chi connectivity index (χ2v) is 5.87. The van der Waals surface area contributed by atoms with Crippen molar-refractivity contribution in [3.63, 3.8) is 0 Å². The molecule has 6 nitrogen and oxygen atoms in total. The molecule has 7 heteroatoms. The molecular formula is C21H22FN3O3. The normalized spacial score (nSPS) is 10.7. The summed E-state index contributed by atoms with van der Waals surface area (Å²) in [6.07, 6.45) is 1.93. The first kappa shape index (κ1) is 20.8. The number of benzene rings is 2. The van der Waals surface area contributed by atoms with Crippen molar-refractivity contribution < 1.29 is 18.7 Å². The summed E-state index contributed by atoms with van der Waals surface area (Å²) >= 11 is 0. The fraction of sp³-hybridized carbons (Fsp3) is 0.238. The summed E-state index contributed by atoms with van der Waals surface area (Å²) in [4.78, 5) is 12.1. The Kier molecular flexibility index (Phi) is 7.85. The van der Waals surface area contributed by atoms with Gasteiger partial charge in [-0.25, -0.2) is 4.39 Å². The van der Waals surface area contributed by atoms with Gasteiger partial charge >= 0.3 is 0 Å². The number of ether oxygens (including phenoxy) is 2. The maximum atomic E-state index is 12.9. The molecule has 0 aromatic heterocycles. The average Bonchev–Trinajstić information content (AvgIpc) is 2.72. The van der Waals surface area contributed by atoms with E-state index < -0.39 is 5.91 Å². The first-order valence-corrected chi connectivity index (χ1v) is 8.64. The molecule has 0 unspecified atom stereocenters. The van der Waals surface area contributed by atoms with Gasteiger partial charge in [0.1, 0.15) is 17.5 Å². The zero-order chi connectivity index (χ0) is 20.4. The SMILES string of the molecule is COc1ccc(CCNC(=O)/C(C#N)=C\NCc2ccc(F)cc2)cc1OC. The lowest BCUT2D eigenvalue weighted by atomic mass is 10.1. The van der Waals surface area contributed by atoms with Crippen molar-refractivity contribution in [2.45, 2.75) is 13.0 Å². The zero-order valence-electron chi connectivity index (χ0n) is 15.8. The average molecular weight is 383 g/mol. The predicted octanol–water partition coefficient (Wildman–Crippen LogP) is 2.70. The Balaban J connectivity index is 1.84. The smallest absolute Gasteiger partial charge is 0.263 e. The van der Waals surface area contributed by atoms with E-state index in [1.54, 1.807) is 32.4 Å². The van der Waals surface area contributed by atoms with E-state index in [4.69, 9.17) is 9.47 Å². The number of methoxy groups -OCH3 is 2. The van der Waals surface area contributed by atoms with E-state index in [9.17, 15) is 14.4 Å². The van der Waals surface area contributed by atoms with Crippen molar-refractivity contribution in [2.75, 3.05) is 20.8 Å². The van der Waals surface area contributed by atoms with Gasteiger partial charge in [-0.15, -0.1) is 0 Å². The van der Waals surface area contributed by atoms with Gasteiger partial charge in [-0.2, -0.15) is 5.26 Å². The number of nitrogens with zero attached hydrogens (tertiary/aromatic N) is 1. The fourth-order valence-corrected chi connectivity index (χ4v) is 2.47. The number of nitriles is 1. The molecule has 0 atom stereocenters. The van der Waals surface area contributed by atoms with E-state index in [2.05, 4.69) is 10.6 Å². The molecule has 0 radical (unpaired) electrons. The maximum absolute atomic E-state index is 12.9. The number of halogens is 1. The van der Waals surface area contributed by atoms with Crippen molar-refractivity contribution in [1.82, 2.24) is 10.6 Å². The Hall–Kier alpha value is -3.53. The first-order chi connectivity index (χ1) is 13.6. The highest BCUT2D eigenvalue weighted by molar-refractivity contribution is 5.97. The molecule has 2 N–H and O–H groups in total. The Morgan fingerprint density at radius 1 is 1.11 bits per heavy atom. The molecule has 146 valence electrons. The van der Waals surface area contributed by atoms with Crippen LogP contribution in [0.3, 0.4) is 0 Å². The predicted molar refractivity (Wildman–Crippen MR) is 103 cm³/mol. The third-order valence-corrected chi connectivity index (χ3v) is 3.98. The summed E-state index contributed by atoms with van der Waals surface area (Å²) in [7, 11) is 3.13. The second-order valence-electron chi connectivity index (χ2n) is 5.87. The molecule has 0 aliphatic rings. The van der Waals surface area contributed by atoms with Gasteiger partial charge in [-0.05, 0) is 41.8 Å². The van der Waals surface area contributed by atoms with Crippen LogP contribution in [0.2, 0.25) is 0 Å². The third-order valence-electron chi connectivity index (χ3n) is 3.98. The molecule has 1 amide bonds. The lowest BCUT2D eigenvalue weighted by Crippen LogP contribution is -2.27. The molecule has 2 aromatic carbocycles. The second kappa shape index (κ2) is 10.6. The van der Waals surface area contributed by atoms with Crippen LogP contribution >= 0.6 is 0 Å². The standard InChI is InChI=1S/C21H22FN3O3/c1-27-19-8-5-15(11-20(19)28-2)9-10-25-21(26)17(12-23)14-24-13-16-3-6-18(22)7-4-16/h3-8,11,14,24H,9-10,13H2,1-2H3,(H,25,26)/b17-14-. The maximum Gasteiger partial charge on any atom is 0.263 e. The van der Waals surface area contributed by atoms with Gasteiger partial charge in [0.2, 0.25) is 0 Å². The van der Waals surface area contributed by atoms with Gasteiger partial charge in [0.15, 0.2) is 11.5 Å². The number of hydrogen-bond acceptors (Lipinski definition) is 5. The Labute approximate surface area is 163 Å². The van der Waals surface area contributed by atoms with E-state index in [1.807, 2.05) is 18.2 Å². The van der Waals surface area contributed by atoms with E-state index in [-0.39, 0.29) is 11.4 Å². The van der Waals surface area contributed by atoms with Crippen molar-refractivity contribution in [1.29, 1.82) is 5.26 Å². The van der Waals surface area contributed by atoms with E-state index in [0.29, 0.717) is 31.0 Å². The monoisotopic (exact) mass is 383 g/mol. The number of carbonyl (C=O) groups excluding carboxylic acids is 1. The molecule has 0 spiro atoms. The summed E-state index contributed by atoms with van der Waals surface area (Å²) < 4.78 is 23.3. The first-order valence-electron chi connectivity index (χ1n) is 8.64. The van der Waals surface area contributed by atoms with Crippen LogP contribution in [0.25, 0.3) is 0 Å². The van der Waals surface area contributed by atoms with Gasteiger partial charge in [0, 0.05) is 19.3 Å². The lowest BCUT2D eigenvalue weighted by molar-refractivity contribution is -0.117. The molecule has 2 rings (SSSR count). The lowest BCUT2D eigenvalue weighted by Gasteiger charge is -2.10. The number of carbonyl (C=O) groups is 1. The highest BCUT2D eigenvalue weighted by Crippen LogP contribution is 2.27. The van der Waals surface area contributed by atoms with Crippen LogP contribution in [0.1, 0.15) is 11.1 Å². The summed E-state index contributed by atoms with van der Waals surface area (Å²) in [5.41, 5.74) is 1.77. The summed E-state index contributed by atoms with van der Waals surface area (Å²) in [6, 6.07) is 13.4. The Morgan fingerprint density at radius 2 is 1.79 bits per heavy atom. The van der Waals surface area contributed by atoms with Gasteiger partial charge in [0.05, 0.1) is 14.2 Å². The number of amides is 1. The van der Waals surface area contributed by atoms with Crippen LogP contribution in [0.5, 0.6) is 11.5 Å². The molecule has 0 saturated carbocycles. The van der Waals surface area contributed by atoms with Crippen molar-refractivity contribution >= 4 is 5.91 Å². The molecular weight excluding hydrogens is 361 g/mol. The van der Waals surface area contributed by atoms with Crippen LogP contribution < -0.4 is 20.1 Å². The highest BCUT2D eigenvalue weighted by atomic mass is 19.1. The molecule has 0 heterocycles. The number of nitrogens with one attached hydrogen (secondary N) is 2. The highest BCUT2D eigenvalue weighted by Gasteiger charge is 2.09. The van der Waals surface area contributed by atoms with Crippen molar-refractivity contribution in [3.8, 4) is 17.6 Å². The summed E-state index contributed by atoms with van der Waals surface area (Å²) in [6.45, 7) is 0.746. The van der Waals surface area contributed by atoms with E-state index in [0.717, 1.165) is 11.1 Å². The van der Waals surface area contributed by atoms with Gasteiger partial charge < -0.3 is 20.1 Å². The van der Waals surface area contributed by atoms with Gasteiger partial charge in [0.25, 0.3) is 5.91 Å². The molecule has 0 bridgehead atoms. The Morgan fingerprint density at radius 3 is 2.43 bits per heavy atom. The number of hydrogen-bond donors (Lipinski definition) is 2. The molecule has 28 heavy (non-hydrogen) atoms. The van der Waals surface area contributed by atoms with Crippen LogP contribution in [0.15, 0.2) is 54.2 Å². The Bertz CT molecular complexity index is 873. The minimum Gasteiger partial charge on any atom is -0.493 e. The molecule has 2 aromatic rings. The van der Waals surface area contributed by atoms with Crippen LogP contribution in [0.4, 0.5) is 4.39 Å². The zero-order valence-corrected chi connectivity index (χ0v) is 15.8. The summed E-state index contributed by atoms with van der Waals surface area (Å²) in [5.74, 6) is 0.478. The van der Waals surface area contributed by atoms with Crippen LogP contribution in [-0.2, 0) is 17.8 Å². The largest absolute Gasteiger partial charge is 0.493 e. The van der Waals surface area contributed by atoms with Crippen molar-refractivity contribution in [2.24, 2.45) is 0 Å². The van der Waals surface area contributed by atoms with Crippen LogP contribution in [0, 0.1) is 17.1 Å². The quantitative estimate of drug-likeness (QED) is 0.514. The third kappa shape index (κ3) is 6.02. The van der Waals surface area contributed by atoms with Gasteiger partial charge in [-0.1, -0.05) is 18.2 Å². The minimum atomic E-state index is -0.463. The molecule has 0 fully saturated rings. The van der Waals surface area contributed by atoms with Gasteiger partial charge in [-0.3, -0.25) is 4.79 Å². The molecule has 0 aliphatic carbocycles. The minimum absolute atomic E-state index is 0.0329. The summed E-state index contributed by atoms with van der Waals surface area (Å²) in [5, 5.41) is 14.8. The van der Waals surface area contributed by atoms with E-state index >= 15 is 0 Å². The number of rotatable bonds is 9. The van der Waals surface area contributed by atoms with E-state index in [1.165, 1.54) is 18.3 Å². The topological polar surface area (TPSA) is 83.4 Å². The molecule has 0 aliphatic heterocycles.